The van der Waals surface area contributed by atoms with Gasteiger partial charge >= 0.3 is 193 Å². The van der Waals surface area contributed by atoms with Gasteiger partial charge in [0.25, 0.3) is 0 Å². The maximum absolute atomic E-state index is 2.62. The van der Waals surface area contributed by atoms with E-state index in [0.29, 0.717) is 10.3 Å². The van der Waals surface area contributed by atoms with Crippen molar-refractivity contribution in [3.05, 3.63) is 61.8 Å². The first-order chi connectivity index (χ1) is 13.5. The standard InChI is InChI=1S/C17H24P.C10H15.2ClH.Hf/c1-16(2,3)18(17(4,5)6)15-11-13-9-7-8-10-14(13)12-15;1-3-6-9(2)10-7-4-5-8-10;;;/h7-12H,1-6H3;4,7,9H,3,5-6H2,1-2H3;2*1H;/q;;;;+2/p-2. The molecule has 0 N–H and O–H groups in total. The molecule has 0 fully saturated rings. The molecule has 1 aromatic rings. The summed E-state index contributed by atoms with van der Waals surface area (Å²) in [4.78, 5) is 0. The van der Waals surface area contributed by atoms with Crippen molar-refractivity contribution in [3.63, 3.8) is 0 Å². The average molecular weight is 644 g/mol. The van der Waals surface area contributed by atoms with Crippen LogP contribution in [-0.4, -0.2) is 10.3 Å². The minimum absolute atomic E-state index is 0. The van der Waals surface area contributed by atoms with Gasteiger partial charge in [0.15, 0.2) is 0 Å². The fraction of sp³-hybridized carbons (Fsp3) is 0.556. The Labute approximate surface area is 216 Å². The van der Waals surface area contributed by atoms with E-state index in [2.05, 4.69) is 97.9 Å². The molecule has 0 aliphatic heterocycles. The maximum Gasteiger partial charge on any atom is -1.00 e. The topological polar surface area (TPSA) is 0 Å². The summed E-state index contributed by atoms with van der Waals surface area (Å²) in [5.41, 5.74) is 4.87. The maximum atomic E-state index is 2.62. The van der Waals surface area contributed by atoms with Crippen molar-refractivity contribution in [2.24, 2.45) is 5.92 Å². The van der Waals surface area contributed by atoms with E-state index in [1.165, 1.54) is 24.8 Å². The summed E-state index contributed by atoms with van der Waals surface area (Å²) in [6, 6.07) is 9.29. The van der Waals surface area contributed by atoms with Gasteiger partial charge in [0, 0.05) is 0 Å². The molecule has 4 heteroatoms. The molecule has 170 valence electrons. The van der Waals surface area contributed by atoms with Gasteiger partial charge in [-0.15, -0.1) is 0 Å². The molecule has 2 aliphatic carbocycles. The van der Waals surface area contributed by atoms with Crippen LogP contribution < -0.4 is 24.8 Å². The molecule has 2 aliphatic rings. The predicted molar refractivity (Wildman–Crippen MR) is 128 cm³/mol. The second-order valence-electron chi connectivity index (χ2n) is 10.7. The van der Waals surface area contributed by atoms with Crippen molar-refractivity contribution in [1.82, 2.24) is 0 Å². The van der Waals surface area contributed by atoms with Crippen LogP contribution in [0.3, 0.4) is 0 Å². The third-order valence-corrected chi connectivity index (χ3v) is 16.8. The smallest absolute Gasteiger partial charge is 1.00 e. The fourth-order valence-electron chi connectivity index (χ4n) is 5.32. The molecule has 3 rings (SSSR count). The Morgan fingerprint density at radius 2 is 1.65 bits per heavy atom. The molecule has 31 heavy (non-hydrogen) atoms. The van der Waals surface area contributed by atoms with E-state index in [1.54, 1.807) is 11.1 Å². The van der Waals surface area contributed by atoms with Gasteiger partial charge in [-0.1, -0.05) is 0 Å². The first-order valence-electron chi connectivity index (χ1n) is 11.3. The van der Waals surface area contributed by atoms with E-state index in [4.69, 9.17) is 0 Å². The van der Waals surface area contributed by atoms with Gasteiger partial charge in [0.05, 0.1) is 0 Å². The van der Waals surface area contributed by atoms with Crippen molar-refractivity contribution in [2.75, 3.05) is 0 Å². The Morgan fingerprint density at radius 3 is 2.23 bits per heavy atom. The Kier molecular flexibility index (Phi) is 11.0. The van der Waals surface area contributed by atoms with Gasteiger partial charge < -0.3 is 24.8 Å². The Hall–Kier alpha value is 0.320. The van der Waals surface area contributed by atoms with E-state index in [-0.39, 0.29) is 32.7 Å². The van der Waals surface area contributed by atoms with E-state index in [1.807, 2.05) is 8.64 Å². The van der Waals surface area contributed by atoms with Crippen LogP contribution in [0.2, 0.25) is 0 Å². The number of hydrogen-bond acceptors (Lipinski definition) is 0. The molecule has 0 saturated carbocycles. The second kappa shape index (κ2) is 11.6. The number of allylic oxidation sites excluding steroid dienone is 5. The van der Waals surface area contributed by atoms with Crippen LogP contribution in [0.1, 0.15) is 89.5 Å². The molecule has 0 aromatic heterocycles. The summed E-state index contributed by atoms with van der Waals surface area (Å²) in [5, 5.41) is 2.49. The van der Waals surface area contributed by atoms with Gasteiger partial charge in [0.2, 0.25) is 0 Å². The molecule has 0 amide bonds. The minimum Gasteiger partial charge on any atom is -1.00 e. The van der Waals surface area contributed by atoms with Crippen molar-refractivity contribution in [1.29, 1.82) is 0 Å². The van der Waals surface area contributed by atoms with E-state index >= 15 is 0 Å². The zero-order chi connectivity index (χ0) is 21.4. The van der Waals surface area contributed by atoms with Gasteiger partial charge in [0.1, 0.15) is 0 Å². The average Bonchev–Trinajstić information content (AvgIpc) is 3.18. The summed E-state index contributed by atoms with van der Waals surface area (Å²) in [7, 11) is -0.219. The van der Waals surface area contributed by atoms with E-state index in [9.17, 15) is 0 Å². The Bertz CT molecular complexity index is 826. The number of hydrogen-bond donors (Lipinski definition) is 0. The van der Waals surface area contributed by atoms with Crippen LogP contribution >= 0.6 is 7.92 Å². The van der Waals surface area contributed by atoms with Crippen molar-refractivity contribution < 1.29 is 47.7 Å². The van der Waals surface area contributed by atoms with Crippen LogP contribution in [0, 0.1) is 5.92 Å². The molecule has 2 atom stereocenters. The molecule has 0 heterocycles. The first-order valence-corrected chi connectivity index (χ1v) is 16.5. The zero-order valence-corrected chi connectivity index (χ0v) is 26.5. The van der Waals surface area contributed by atoms with Crippen LogP contribution in [0.15, 0.2) is 50.6 Å². The van der Waals surface area contributed by atoms with Gasteiger partial charge in [-0.2, -0.15) is 0 Å². The molecule has 1 aromatic carbocycles. The largest absolute Gasteiger partial charge is 1.00 e. The van der Waals surface area contributed by atoms with Gasteiger partial charge in [-0.3, -0.25) is 0 Å². The van der Waals surface area contributed by atoms with Crippen molar-refractivity contribution in [2.45, 2.75) is 88.6 Å². The number of halogens is 2. The quantitative estimate of drug-likeness (QED) is 0.331. The fourth-order valence-corrected chi connectivity index (χ4v) is 17.7. The Balaban J connectivity index is 0.00000240. The Morgan fingerprint density at radius 1 is 1.03 bits per heavy atom. The third kappa shape index (κ3) is 6.68. The van der Waals surface area contributed by atoms with Crippen molar-refractivity contribution >= 4 is 14.0 Å². The second-order valence-corrected chi connectivity index (χ2v) is 19.8. The minimum atomic E-state index is -1.03. The van der Waals surface area contributed by atoms with Crippen LogP contribution in [-0.2, 0) is 22.9 Å². The van der Waals surface area contributed by atoms with Crippen LogP contribution in [0.25, 0.3) is 6.08 Å². The zero-order valence-electron chi connectivity index (χ0n) is 20.5. The number of rotatable bonds is 6. The van der Waals surface area contributed by atoms with Gasteiger partial charge in [-0.05, 0) is 0 Å². The molecule has 0 nitrogen and oxygen atoms in total. The molecule has 0 bridgehead atoms. The molecule has 0 spiro atoms. The molecular formula is C27H39Cl2HfP. The molecular weight excluding hydrogens is 605 g/mol. The molecule has 0 saturated heterocycles. The third-order valence-electron chi connectivity index (χ3n) is 6.05. The molecule has 0 radical (unpaired) electrons. The number of benzene rings is 1. The van der Waals surface area contributed by atoms with Gasteiger partial charge in [-0.25, -0.2) is 0 Å². The molecule has 2 unspecified atom stereocenters. The van der Waals surface area contributed by atoms with E-state index < -0.39 is 22.9 Å². The monoisotopic (exact) mass is 644 g/mol. The number of fused-ring (bicyclic) bond motifs is 1. The summed E-state index contributed by atoms with van der Waals surface area (Å²) in [5.74, 6) is 0.733. The van der Waals surface area contributed by atoms with Crippen molar-refractivity contribution in [3.8, 4) is 0 Å². The SMILES string of the molecule is CCCC(C)C1=[C]([Hf+2][CH]2C(P(C(C)(C)C)C(C)(C)C)=Cc3ccccc32)CC=C1.[Cl-].[Cl-]. The van der Waals surface area contributed by atoms with Crippen LogP contribution in [0.4, 0.5) is 0 Å². The summed E-state index contributed by atoms with van der Waals surface area (Å²) in [6.07, 6.45) is 11.4. The summed E-state index contributed by atoms with van der Waals surface area (Å²) >= 11 is -1.03. The predicted octanol–water partition coefficient (Wildman–Crippen LogP) is 2.90. The van der Waals surface area contributed by atoms with Crippen LogP contribution in [0.5, 0.6) is 0 Å². The summed E-state index contributed by atoms with van der Waals surface area (Å²) in [6.45, 7) is 19.6. The normalized spacial score (nSPS) is 18.9. The van der Waals surface area contributed by atoms with E-state index in [0.717, 1.165) is 9.59 Å². The first kappa shape index (κ1) is 29.4. The summed E-state index contributed by atoms with van der Waals surface area (Å²) < 4.78 is 2.63.